The zero-order chi connectivity index (χ0) is 12.9. The second kappa shape index (κ2) is 3.72. The Kier molecular flexibility index (Phi) is 2.39. The van der Waals surface area contributed by atoms with Gasteiger partial charge in [0.2, 0.25) is 0 Å². The molecule has 0 atom stereocenters. The van der Waals surface area contributed by atoms with Crippen molar-refractivity contribution < 1.29 is 4.74 Å². The SMILES string of the molecule is Cc1cc(Cl)nc2cc3c(cc12)OC(C)(C)C=C3. The van der Waals surface area contributed by atoms with Gasteiger partial charge in [0.25, 0.3) is 0 Å². The van der Waals surface area contributed by atoms with E-state index in [4.69, 9.17) is 16.3 Å². The summed E-state index contributed by atoms with van der Waals surface area (Å²) in [6.45, 7) is 6.12. The zero-order valence-electron chi connectivity index (χ0n) is 10.6. The number of hydrogen-bond donors (Lipinski definition) is 0. The van der Waals surface area contributed by atoms with Crippen molar-refractivity contribution in [3.63, 3.8) is 0 Å². The summed E-state index contributed by atoms with van der Waals surface area (Å²) in [4.78, 5) is 4.36. The Balaban J connectivity index is 2.28. The van der Waals surface area contributed by atoms with E-state index in [1.54, 1.807) is 0 Å². The number of halogens is 1. The van der Waals surface area contributed by atoms with Gasteiger partial charge in [-0.2, -0.15) is 0 Å². The van der Waals surface area contributed by atoms with Crippen LogP contribution in [0.5, 0.6) is 5.75 Å². The van der Waals surface area contributed by atoms with Crippen LogP contribution >= 0.6 is 11.6 Å². The van der Waals surface area contributed by atoms with Crippen LogP contribution in [0.1, 0.15) is 25.0 Å². The summed E-state index contributed by atoms with van der Waals surface area (Å²) in [7, 11) is 0. The fourth-order valence-electron chi connectivity index (χ4n) is 2.22. The molecule has 92 valence electrons. The number of ether oxygens (including phenoxy) is 1. The van der Waals surface area contributed by atoms with Crippen molar-refractivity contribution in [2.45, 2.75) is 26.4 Å². The van der Waals surface area contributed by atoms with E-state index in [-0.39, 0.29) is 5.60 Å². The maximum absolute atomic E-state index is 5.99. The van der Waals surface area contributed by atoms with Gasteiger partial charge in [-0.15, -0.1) is 0 Å². The number of aromatic nitrogens is 1. The fraction of sp³-hybridized carbons (Fsp3) is 0.267. The Morgan fingerprint density at radius 2 is 2.00 bits per heavy atom. The molecule has 0 spiro atoms. The van der Waals surface area contributed by atoms with Gasteiger partial charge in [-0.05, 0) is 50.6 Å². The molecule has 0 radical (unpaired) electrons. The van der Waals surface area contributed by atoms with Crippen molar-refractivity contribution in [3.05, 3.63) is 40.6 Å². The van der Waals surface area contributed by atoms with Gasteiger partial charge in [0.1, 0.15) is 16.5 Å². The first-order valence-electron chi connectivity index (χ1n) is 5.94. The van der Waals surface area contributed by atoms with E-state index in [9.17, 15) is 0 Å². The lowest BCUT2D eigenvalue weighted by molar-refractivity contribution is 0.159. The smallest absolute Gasteiger partial charge is 0.130 e. The molecule has 0 amide bonds. The normalized spacial score (nSPS) is 16.4. The molecule has 1 aliphatic rings. The molecule has 0 aliphatic carbocycles. The third kappa shape index (κ3) is 1.87. The van der Waals surface area contributed by atoms with Gasteiger partial charge < -0.3 is 4.74 Å². The molecular formula is C15H14ClNO. The van der Waals surface area contributed by atoms with E-state index in [2.05, 4.69) is 23.2 Å². The Bertz CT molecular complexity index is 674. The van der Waals surface area contributed by atoms with Crippen LogP contribution in [0.15, 0.2) is 24.3 Å². The maximum Gasteiger partial charge on any atom is 0.130 e. The summed E-state index contributed by atoms with van der Waals surface area (Å²) in [6, 6.07) is 5.95. The second-order valence-electron chi connectivity index (χ2n) is 5.21. The van der Waals surface area contributed by atoms with Gasteiger partial charge in [0.15, 0.2) is 0 Å². The van der Waals surface area contributed by atoms with Crippen LogP contribution in [-0.4, -0.2) is 10.6 Å². The fourth-order valence-corrected chi connectivity index (χ4v) is 2.48. The van der Waals surface area contributed by atoms with Crippen LogP contribution in [0.3, 0.4) is 0 Å². The zero-order valence-corrected chi connectivity index (χ0v) is 11.4. The summed E-state index contributed by atoms with van der Waals surface area (Å²) < 4.78 is 5.97. The molecule has 3 heteroatoms. The minimum absolute atomic E-state index is 0.256. The highest BCUT2D eigenvalue weighted by molar-refractivity contribution is 6.29. The van der Waals surface area contributed by atoms with E-state index in [1.807, 2.05) is 32.9 Å². The van der Waals surface area contributed by atoms with Crippen molar-refractivity contribution in [3.8, 4) is 5.75 Å². The number of nitrogens with zero attached hydrogens (tertiary/aromatic N) is 1. The minimum atomic E-state index is -0.256. The van der Waals surface area contributed by atoms with Gasteiger partial charge in [-0.25, -0.2) is 4.98 Å². The Morgan fingerprint density at radius 3 is 2.78 bits per heavy atom. The molecule has 1 aromatic heterocycles. The molecule has 1 aromatic carbocycles. The molecule has 0 bridgehead atoms. The van der Waals surface area contributed by atoms with E-state index in [1.165, 1.54) is 0 Å². The van der Waals surface area contributed by atoms with Gasteiger partial charge in [-0.1, -0.05) is 17.7 Å². The van der Waals surface area contributed by atoms with Crippen LogP contribution < -0.4 is 4.74 Å². The minimum Gasteiger partial charge on any atom is -0.483 e. The molecule has 0 unspecified atom stereocenters. The van der Waals surface area contributed by atoms with Gasteiger partial charge in [-0.3, -0.25) is 0 Å². The molecule has 1 aliphatic heterocycles. The summed E-state index contributed by atoms with van der Waals surface area (Å²) >= 11 is 5.99. The summed E-state index contributed by atoms with van der Waals surface area (Å²) in [5.74, 6) is 0.905. The maximum atomic E-state index is 5.99. The average molecular weight is 260 g/mol. The van der Waals surface area contributed by atoms with E-state index in [0.29, 0.717) is 5.15 Å². The highest BCUT2D eigenvalue weighted by Crippen LogP contribution is 2.35. The van der Waals surface area contributed by atoms with Crippen LogP contribution in [0.25, 0.3) is 17.0 Å². The Morgan fingerprint density at radius 1 is 1.22 bits per heavy atom. The van der Waals surface area contributed by atoms with Gasteiger partial charge >= 0.3 is 0 Å². The van der Waals surface area contributed by atoms with E-state index in [0.717, 1.165) is 27.8 Å². The van der Waals surface area contributed by atoms with Crippen LogP contribution in [0.4, 0.5) is 0 Å². The molecule has 2 nitrogen and oxygen atoms in total. The molecular weight excluding hydrogens is 246 g/mol. The quantitative estimate of drug-likeness (QED) is 0.655. The van der Waals surface area contributed by atoms with Gasteiger partial charge in [0.05, 0.1) is 5.52 Å². The van der Waals surface area contributed by atoms with Crippen molar-refractivity contribution in [1.82, 2.24) is 4.98 Å². The van der Waals surface area contributed by atoms with Gasteiger partial charge in [0, 0.05) is 10.9 Å². The molecule has 0 saturated heterocycles. The monoisotopic (exact) mass is 259 g/mol. The first kappa shape index (κ1) is 11.5. The standard InChI is InChI=1S/C15H14ClNO/c1-9-6-14(16)17-12-7-10-4-5-15(2,3)18-13(10)8-11(9)12/h4-8H,1-3H3. The van der Waals surface area contributed by atoms with E-state index < -0.39 is 0 Å². The molecule has 0 N–H and O–H groups in total. The van der Waals surface area contributed by atoms with Crippen molar-refractivity contribution >= 4 is 28.6 Å². The molecule has 2 heterocycles. The first-order valence-corrected chi connectivity index (χ1v) is 6.32. The van der Waals surface area contributed by atoms with Crippen LogP contribution in [0, 0.1) is 6.92 Å². The third-order valence-corrected chi connectivity index (χ3v) is 3.35. The lowest BCUT2D eigenvalue weighted by atomic mass is 10.00. The number of aryl methyl sites for hydroxylation is 1. The van der Waals surface area contributed by atoms with Crippen molar-refractivity contribution in [1.29, 1.82) is 0 Å². The van der Waals surface area contributed by atoms with E-state index >= 15 is 0 Å². The number of rotatable bonds is 0. The van der Waals surface area contributed by atoms with Crippen LogP contribution in [0.2, 0.25) is 5.15 Å². The molecule has 0 fully saturated rings. The van der Waals surface area contributed by atoms with Crippen molar-refractivity contribution in [2.75, 3.05) is 0 Å². The number of fused-ring (bicyclic) bond motifs is 2. The lowest BCUT2D eigenvalue weighted by Crippen LogP contribution is -2.27. The highest BCUT2D eigenvalue weighted by Gasteiger charge is 2.22. The highest BCUT2D eigenvalue weighted by atomic mass is 35.5. The summed E-state index contributed by atoms with van der Waals surface area (Å²) in [6.07, 6.45) is 4.13. The predicted octanol–water partition coefficient (Wildman–Crippen LogP) is 4.38. The Labute approximate surface area is 111 Å². The largest absolute Gasteiger partial charge is 0.483 e. The summed E-state index contributed by atoms with van der Waals surface area (Å²) in [5.41, 5.74) is 2.82. The lowest BCUT2D eigenvalue weighted by Gasteiger charge is -2.28. The van der Waals surface area contributed by atoms with Crippen LogP contribution in [-0.2, 0) is 0 Å². The number of pyridine rings is 1. The Hall–Kier alpha value is -1.54. The molecule has 0 saturated carbocycles. The number of benzene rings is 1. The van der Waals surface area contributed by atoms with Crippen molar-refractivity contribution in [2.24, 2.45) is 0 Å². The first-order chi connectivity index (χ1) is 8.44. The second-order valence-corrected chi connectivity index (χ2v) is 5.60. The molecule has 2 aromatic rings. The topological polar surface area (TPSA) is 22.1 Å². The summed E-state index contributed by atoms with van der Waals surface area (Å²) in [5, 5.41) is 1.62. The predicted molar refractivity (Wildman–Crippen MR) is 75.2 cm³/mol. The third-order valence-electron chi connectivity index (χ3n) is 3.15. The molecule has 3 rings (SSSR count). The number of hydrogen-bond acceptors (Lipinski definition) is 2. The molecule has 18 heavy (non-hydrogen) atoms. The average Bonchev–Trinajstić information content (AvgIpc) is 2.26.